The van der Waals surface area contributed by atoms with Crippen LogP contribution >= 0.6 is 11.8 Å². The van der Waals surface area contributed by atoms with E-state index in [0.717, 1.165) is 22.4 Å². The third kappa shape index (κ3) is 5.67. The van der Waals surface area contributed by atoms with E-state index in [1.165, 1.54) is 18.0 Å². The fourth-order valence-corrected chi connectivity index (χ4v) is 3.87. The second kappa shape index (κ2) is 10.1. The van der Waals surface area contributed by atoms with Crippen molar-refractivity contribution in [3.8, 4) is 22.8 Å². The molecule has 0 radical (unpaired) electrons. The third-order valence-corrected chi connectivity index (χ3v) is 5.77. The summed E-state index contributed by atoms with van der Waals surface area (Å²) in [6.07, 6.45) is 1.48. The van der Waals surface area contributed by atoms with E-state index in [1.54, 1.807) is 24.3 Å². The minimum absolute atomic E-state index is 0.120. The average molecular weight is 458 g/mol. The predicted molar refractivity (Wildman–Crippen MR) is 131 cm³/mol. The number of aromatic nitrogens is 3. The number of phenols is 1. The highest BCUT2D eigenvalue weighted by Crippen LogP contribution is 2.28. The number of hydrogen-bond donors (Lipinski definition) is 2. The number of thioether (sulfide) groups is 1. The summed E-state index contributed by atoms with van der Waals surface area (Å²) in [5.74, 6) is 0.700. The Labute approximate surface area is 196 Å². The number of hydrogen-bond acceptors (Lipinski definition) is 6. The van der Waals surface area contributed by atoms with E-state index >= 15 is 0 Å². The molecule has 166 valence electrons. The van der Waals surface area contributed by atoms with Crippen molar-refractivity contribution in [1.82, 2.24) is 20.2 Å². The van der Waals surface area contributed by atoms with Gasteiger partial charge in [-0.05, 0) is 43.7 Å². The van der Waals surface area contributed by atoms with Crippen molar-refractivity contribution in [3.05, 3.63) is 89.5 Å². The van der Waals surface area contributed by atoms with Gasteiger partial charge in [0.05, 0.1) is 12.0 Å². The standard InChI is InChI=1S/C25H23N5O2S/c1-17-6-10-20(11-7-17)24-28-29-25(30(24)21-12-8-18(2)9-13-21)33-16-23(32)27-26-15-19-4-3-5-22(31)14-19/h3-15,31H,16H2,1-2H3,(H,27,32)/b26-15+. The zero-order valence-electron chi connectivity index (χ0n) is 18.3. The first kappa shape index (κ1) is 22.3. The molecular weight excluding hydrogens is 434 g/mol. The molecule has 4 aromatic rings. The van der Waals surface area contributed by atoms with Crippen molar-refractivity contribution in [1.29, 1.82) is 0 Å². The third-order valence-electron chi connectivity index (χ3n) is 4.84. The van der Waals surface area contributed by atoms with Crippen LogP contribution in [0.25, 0.3) is 17.1 Å². The van der Waals surface area contributed by atoms with Crippen LogP contribution < -0.4 is 5.43 Å². The number of aryl methyl sites for hydroxylation is 2. The molecule has 0 unspecified atom stereocenters. The molecule has 3 aromatic carbocycles. The monoisotopic (exact) mass is 457 g/mol. The number of amides is 1. The molecule has 4 rings (SSSR count). The number of aromatic hydroxyl groups is 1. The summed E-state index contributed by atoms with van der Waals surface area (Å²) in [6, 6.07) is 22.8. The number of nitrogens with one attached hydrogen (secondary N) is 1. The average Bonchev–Trinajstić information content (AvgIpc) is 3.23. The number of hydrazone groups is 1. The first-order valence-electron chi connectivity index (χ1n) is 10.3. The van der Waals surface area contributed by atoms with E-state index in [2.05, 4.69) is 20.7 Å². The molecule has 0 bridgehead atoms. The molecule has 0 fully saturated rings. The molecule has 8 heteroatoms. The van der Waals surface area contributed by atoms with Gasteiger partial charge >= 0.3 is 0 Å². The number of nitrogens with zero attached hydrogens (tertiary/aromatic N) is 4. The van der Waals surface area contributed by atoms with E-state index in [0.29, 0.717) is 16.5 Å². The Bertz CT molecular complexity index is 1280. The summed E-state index contributed by atoms with van der Waals surface area (Å²) in [7, 11) is 0. The number of benzene rings is 3. The summed E-state index contributed by atoms with van der Waals surface area (Å²) in [6.45, 7) is 4.07. The van der Waals surface area contributed by atoms with Crippen molar-refractivity contribution in [2.24, 2.45) is 5.10 Å². The Balaban J connectivity index is 1.51. The quantitative estimate of drug-likeness (QED) is 0.242. The number of phenolic OH excluding ortho intramolecular Hbond substituents is 1. The Morgan fingerprint density at radius 2 is 1.73 bits per heavy atom. The van der Waals surface area contributed by atoms with Crippen LogP contribution in [-0.2, 0) is 4.79 Å². The summed E-state index contributed by atoms with van der Waals surface area (Å²) >= 11 is 1.28. The molecule has 1 heterocycles. The van der Waals surface area contributed by atoms with Crippen molar-refractivity contribution < 1.29 is 9.90 Å². The molecular formula is C25H23N5O2S. The topological polar surface area (TPSA) is 92.4 Å². The minimum Gasteiger partial charge on any atom is -0.508 e. The molecule has 2 N–H and O–H groups in total. The SMILES string of the molecule is Cc1ccc(-c2nnc(SCC(=O)N/N=C/c3cccc(O)c3)n2-c2ccc(C)cc2)cc1. The van der Waals surface area contributed by atoms with Crippen LogP contribution in [0.2, 0.25) is 0 Å². The number of carbonyl (C=O) groups is 1. The lowest BCUT2D eigenvalue weighted by Gasteiger charge is -2.11. The van der Waals surface area contributed by atoms with Gasteiger partial charge in [0.25, 0.3) is 5.91 Å². The maximum absolute atomic E-state index is 12.3. The Morgan fingerprint density at radius 3 is 2.42 bits per heavy atom. The molecule has 0 aliphatic carbocycles. The minimum atomic E-state index is -0.272. The Morgan fingerprint density at radius 1 is 1.03 bits per heavy atom. The van der Waals surface area contributed by atoms with Gasteiger partial charge in [-0.25, -0.2) is 5.43 Å². The first-order valence-corrected chi connectivity index (χ1v) is 11.3. The predicted octanol–water partition coefficient (Wildman–Crippen LogP) is 4.50. The lowest BCUT2D eigenvalue weighted by atomic mass is 10.1. The van der Waals surface area contributed by atoms with Gasteiger partial charge in [0.2, 0.25) is 0 Å². The maximum atomic E-state index is 12.3. The molecule has 0 spiro atoms. The van der Waals surface area contributed by atoms with Crippen molar-refractivity contribution in [2.45, 2.75) is 19.0 Å². The lowest BCUT2D eigenvalue weighted by molar-refractivity contribution is -0.118. The largest absolute Gasteiger partial charge is 0.508 e. The van der Waals surface area contributed by atoms with Gasteiger partial charge in [-0.15, -0.1) is 10.2 Å². The molecule has 1 amide bonds. The van der Waals surface area contributed by atoms with Gasteiger partial charge in [-0.2, -0.15) is 5.10 Å². The van der Waals surface area contributed by atoms with Crippen LogP contribution in [-0.4, -0.2) is 37.7 Å². The van der Waals surface area contributed by atoms with Gasteiger partial charge < -0.3 is 5.11 Å². The number of carbonyl (C=O) groups excluding carboxylic acids is 1. The molecule has 0 aliphatic heterocycles. The first-order chi connectivity index (χ1) is 16.0. The zero-order chi connectivity index (χ0) is 23.2. The molecule has 33 heavy (non-hydrogen) atoms. The van der Waals surface area contributed by atoms with E-state index < -0.39 is 0 Å². The van der Waals surface area contributed by atoms with Crippen molar-refractivity contribution in [3.63, 3.8) is 0 Å². The fourth-order valence-electron chi connectivity index (χ4n) is 3.13. The number of rotatable bonds is 7. The summed E-state index contributed by atoms with van der Waals surface area (Å²) in [4.78, 5) is 12.3. The van der Waals surface area contributed by atoms with Gasteiger partial charge in [0, 0.05) is 11.3 Å². The Hall–Kier alpha value is -3.91. The molecule has 7 nitrogen and oxygen atoms in total. The summed E-state index contributed by atoms with van der Waals surface area (Å²) in [5.41, 5.74) is 7.37. The summed E-state index contributed by atoms with van der Waals surface area (Å²) in [5, 5.41) is 22.8. The van der Waals surface area contributed by atoms with E-state index in [1.807, 2.05) is 66.9 Å². The van der Waals surface area contributed by atoms with E-state index in [9.17, 15) is 9.90 Å². The van der Waals surface area contributed by atoms with Crippen molar-refractivity contribution in [2.75, 3.05) is 5.75 Å². The highest BCUT2D eigenvalue weighted by molar-refractivity contribution is 7.99. The zero-order valence-corrected chi connectivity index (χ0v) is 19.1. The maximum Gasteiger partial charge on any atom is 0.250 e. The van der Waals surface area contributed by atoms with Crippen LogP contribution in [0.4, 0.5) is 0 Å². The molecule has 0 saturated carbocycles. The molecule has 0 aliphatic rings. The normalized spacial score (nSPS) is 11.1. The lowest BCUT2D eigenvalue weighted by Crippen LogP contribution is -2.20. The van der Waals surface area contributed by atoms with E-state index in [4.69, 9.17) is 0 Å². The van der Waals surface area contributed by atoms with Crippen LogP contribution in [0.15, 0.2) is 83.1 Å². The van der Waals surface area contributed by atoms with Gasteiger partial charge in [0.1, 0.15) is 5.75 Å². The Kier molecular flexibility index (Phi) is 6.85. The molecule has 1 aromatic heterocycles. The van der Waals surface area contributed by atoms with Gasteiger partial charge in [-0.1, -0.05) is 71.4 Å². The van der Waals surface area contributed by atoms with E-state index in [-0.39, 0.29) is 17.4 Å². The molecule has 0 atom stereocenters. The van der Waals surface area contributed by atoms with Crippen molar-refractivity contribution >= 4 is 23.9 Å². The van der Waals surface area contributed by atoms with Gasteiger partial charge in [0.15, 0.2) is 11.0 Å². The van der Waals surface area contributed by atoms with Crippen LogP contribution in [0.1, 0.15) is 16.7 Å². The highest BCUT2D eigenvalue weighted by atomic mass is 32.2. The smallest absolute Gasteiger partial charge is 0.250 e. The van der Waals surface area contributed by atoms with Crippen LogP contribution in [0, 0.1) is 13.8 Å². The fraction of sp³-hybridized carbons (Fsp3) is 0.120. The van der Waals surface area contributed by atoms with Gasteiger partial charge in [-0.3, -0.25) is 9.36 Å². The van der Waals surface area contributed by atoms with Crippen LogP contribution in [0.3, 0.4) is 0 Å². The molecule has 0 saturated heterocycles. The van der Waals surface area contributed by atoms with Crippen LogP contribution in [0.5, 0.6) is 5.75 Å². The summed E-state index contributed by atoms with van der Waals surface area (Å²) < 4.78 is 1.96. The second-order valence-electron chi connectivity index (χ2n) is 7.52. The highest BCUT2D eigenvalue weighted by Gasteiger charge is 2.17. The second-order valence-corrected chi connectivity index (χ2v) is 8.46.